The number of hydrogen-bond acceptors (Lipinski definition) is 4. The molecule has 0 saturated carbocycles. The summed E-state index contributed by atoms with van der Waals surface area (Å²) in [5.74, 6) is 0.616. The summed E-state index contributed by atoms with van der Waals surface area (Å²) in [6.07, 6.45) is 10.5. The molecule has 0 fully saturated rings. The SMILES string of the molecule is O=c1cc(OCCCCCCCCCCCO)c2ccccc2o1. The molecule has 4 nitrogen and oxygen atoms in total. The topological polar surface area (TPSA) is 59.7 Å². The first-order chi connectivity index (χ1) is 11.8. The molecule has 0 aliphatic carbocycles. The van der Waals surface area contributed by atoms with Gasteiger partial charge in [-0.25, -0.2) is 4.79 Å². The van der Waals surface area contributed by atoms with Gasteiger partial charge in [-0.1, -0.05) is 57.1 Å². The maximum atomic E-state index is 11.5. The quantitative estimate of drug-likeness (QED) is 0.453. The highest BCUT2D eigenvalue weighted by molar-refractivity contribution is 5.82. The molecule has 1 aromatic carbocycles. The van der Waals surface area contributed by atoms with Gasteiger partial charge in [0.05, 0.1) is 18.1 Å². The van der Waals surface area contributed by atoms with Gasteiger partial charge in [-0.05, 0) is 25.0 Å². The Kier molecular flexibility index (Phi) is 8.39. The van der Waals surface area contributed by atoms with Crippen molar-refractivity contribution >= 4 is 11.0 Å². The third-order valence-corrected chi connectivity index (χ3v) is 4.17. The number of para-hydroxylation sites is 1. The zero-order chi connectivity index (χ0) is 17.0. The molecule has 0 unspecified atom stereocenters. The highest BCUT2D eigenvalue weighted by atomic mass is 16.5. The zero-order valence-electron chi connectivity index (χ0n) is 14.3. The van der Waals surface area contributed by atoms with Crippen molar-refractivity contribution in [3.63, 3.8) is 0 Å². The predicted molar refractivity (Wildman–Crippen MR) is 96.6 cm³/mol. The van der Waals surface area contributed by atoms with E-state index in [2.05, 4.69) is 0 Å². The number of aliphatic hydroxyl groups is 1. The van der Waals surface area contributed by atoms with E-state index in [4.69, 9.17) is 14.3 Å². The van der Waals surface area contributed by atoms with E-state index in [0.717, 1.165) is 31.1 Å². The zero-order valence-corrected chi connectivity index (χ0v) is 14.3. The largest absolute Gasteiger partial charge is 0.493 e. The van der Waals surface area contributed by atoms with Crippen molar-refractivity contribution < 1.29 is 14.3 Å². The molecule has 0 saturated heterocycles. The Morgan fingerprint density at radius 1 is 0.875 bits per heavy atom. The number of hydrogen-bond donors (Lipinski definition) is 1. The molecule has 0 amide bonds. The van der Waals surface area contributed by atoms with Crippen LogP contribution in [0.1, 0.15) is 57.8 Å². The smallest absolute Gasteiger partial charge is 0.339 e. The van der Waals surface area contributed by atoms with Crippen molar-refractivity contribution in [3.8, 4) is 5.75 Å². The number of unbranched alkanes of at least 4 members (excludes halogenated alkanes) is 8. The minimum atomic E-state index is -0.370. The predicted octanol–water partition coefficient (Wildman–Crippen LogP) is 4.68. The lowest BCUT2D eigenvalue weighted by atomic mass is 10.1. The molecule has 0 atom stereocenters. The van der Waals surface area contributed by atoms with Crippen LogP contribution in [0.3, 0.4) is 0 Å². The van der Waals surface area contributed by atoms with Crippen molar-refractivity contribution in [2.24, 2.45) is 0 Å². The van der Waals surface area contributed by atoms with E-state index < -0.39 is 0 Å². The Balaban J connectivity index is 1.61. The Bertz CT molecular complexity index is 647. The lowest BCUT2D eigenvalue weighted by Crippen LogP contribution is -2.03. The number of benzene rings is 1. The fourth-order valence-electron chi connectivity index (χ4n) is 2.83. The van der Waals surface area contributed by atoms with E-state index in [1.807, 2.05) is 18.2 Å². The Labute approximate surface area is 143 Å². The number of ether oxygens (including phenoxy) is 1. The molecule has 1 N–H and O–H groups in total. The van der Waals surface area contributed by atoms with Gasteiger partial charge in [-0.3, -0.25) is 0 Å². The molecule has 0 spiro atoms. The fraction of sp³-hybridized carbons (Fsp3) is 0.550. The molecule has 0 aliphatic rings. The highest BCUT2D eigenvalue weighted by Crippen LogP contribution is 2.23. The van der Waals surface area contributed by atoms with Crippen LogP contribution in [0, 0.1) is 0 Å². The second-order valence-corrected chi connectivity index (χ2v) is 6.18. The van der Waals surface area contributed by atoms with Crippen LogP contribution in [0.25, 0.3) is 11.0 Å². The average Bonchev–Trinajstić information content (AvgIpc) is 2.59. The third-order valence-electron chi connectivity index (χ3n) is 4.17. The Morgan fingerprint density at radius 3 is 2.21 bits per heavy atom. The summed E-state index contributed by atoms with van der Waals surface area (Å²) in [4.78, 5) is 11.5. The van der Waals surface area contributed by atoms with Crippen LogP contribution in [0.15, 0.2) is 39.5 Å². The van der Waals surface area contributed by atoms with Gasteiger partial charge in [0, 0.05) is 6.61 Å². The van der Waals surface area contributed by atoms with Gasteiger partial charge in [0.25, 0.3) is 0 Å². The van der Waals surface area contributed by atoms with Gasteiger partial charge in [-0.15, -0.1) is 0 Å². The van der Waals surface area contributed by atoms with Crippen LogP contribution in [-0.2, 0) is 0 Å². The molecule has 24 heavy (non-hydrogen) atoms. The molecule has 132 valence electrons. The Hall–Kier alpha value is -1.81. The monoisotopic (exact) mass is 332 g/mol. The highest BCUT2D eigenvalue weighted by Gasteiger charge is 2.05. The van der Waals surface area contributed by atoms with Crippen LogP contribution in [0.4, 0.5) is 0 Å². The van der Waals surface area contributed by atoms with Crippen LogP contribution in [-0.4, -0.2) is 18.3 Å². The van der Waals surface area contributed by atoms with Gasteiger partial charge in [0.2, 0.25) is 0 Å². The number of fused-ring (bicyclic) bond motifs is 1. The summed E-state index contributed by atoms with van der Waals surface area (Å²) in [5, 5.41) is 9.56. The van der Waals surface area contributed by atoms with E-state index in [1.54, 1.807) is 6.07 Å². The lowest BCUT2D eigenvalue weighted by Gasteiger charge is -2.08. The van der Waals surface area contributed by atoms with Crippen molar-refractivity contribution in [2.75, 3.05) is 13.2 Å². The van der Waals surface area contributed by atoms with E-state index in [0.29, 0.717) is 24.5 Å². The second-order valence-electron chi connectivity index (χ2n) is 6.18. The minimum Gasteiger partial charge on any atom is -0.493 e. The molecule has 1 heterocycles. The first-order valence-electron chi connectivity index (χ1n) is 9.08. The minimum absolute atomic E-state index is 0.318. The van der Waals surface area contributed by atoms with Crippen LogP contribution in [0.2, 0.25) is 0 Å². The van der Waals surface area contributed by atoms with Crippen LogP contribution in [0.5, 0.6) is 5.75 Å². The van der Waals surface area contributed by atoms with Crippen molar-refractivity contribution in [3.05, 3.63) is 40.8 Å². The van der Waals surface area contributed by atoms with E-state index in [-0.39, 0.29) is 5.63 Å². The summed E-state index contributed by atoms with van der Waals surface area (Å²) < 4.78 is 10.9. The van der Waals surface area contributed by atoms with Gasteiger partial charge >= 0.3 is 5.63 Å². The fourth-order valence-corrected chi connectivity index (χ4v) is 2.83. The van der Waals surface area contributed by atoms with Crippen LogP contribution >= 0.6 is 0 Å². The van der Waals surface area contributed by atoms with Gasteiger partial charge in [-0.2, -0.15) is 0 Å². The molecule has 0 radical (unpaired) electrons. The molecular formula is C20H28O4. The van der Waals surface area contributed by atoms with Crippen molar-refractivity contribution in [2.45, 2.75) is 57.8 Å². The first kappa shape index (κ1) is 18.5. The molecular weight excluding hydrogens is 304 g/mol. The van der Waals surface area contributed by atoms with Gasteiger partial charge in [0.15, 0.2) is 0 Å². The Morgan fingerprint density at radius 2 is 1.50 bits per heavy atom. The van der Waals surface area contributed by atoms with E-state index in [9.17, 15) is 4.79 Å². The van der Waals surface area contributed by atoms with Gasteiger partial charge < -0.3 is 14.3 Å². The summed E-state index contributed by atoms with van der Waals surface area (Å²) in [6, 6.07) is 8.87. The molecule has 0 aliphatic heterocycles. The first-order valence-corrected chi connectivity index (χ1v) is 9.08. The maximum absolute atomic E-state index is 11.5. The molecule has 2 aromatic rings. The summed E-state index contributed by atoms with van der Waals surface area (Å²) in [7, 11) is 0. The summed E-state index contributed by atoms with van der Waals surface area (Å²) in [6.45, 7) is 0.947. The van der Waals surface area contributed by atoms with E-state index >= 15 is 0 Å². The second kappa shape index (κ2) is 10.9. The van der Waals surface area contributed by atoms with Crippen LogP contribution < -0.4 is 10.4 Å². The average molecular weight is 332 g/mol. The molecule has 0 bridgehead atoms. The summed E-state index contributed by atoms with van der Waals surface area (Å²) in [5.41, 5.74) is 0.200. The van der Waals surface area contributed by atoms with E-state index in [1.165, 1.54) is 38.2 Å². The molecule has 2 rings (SSSR count). The molecule has 4 heteroatoms. The third kappa shape index (κ3) is 6.36. The summed E-state index contributed by atoms with van der Waals surface area (Å²) >= 11 is 0. The lowest BCUT2D eigenvalue weighted by molar-refractivity contribution is 0.282. The molecule has 1 aromatic heterocycles. The number of aliphatic hydroxyl groups excluding tert-OH is 1. The standard InChI is InChI=1S/C20H28O4/c21-14-10-6-4-2-1-3-5-7-11-15-23-19-16-20(22)24-18-13-9-8-12-17(18)19/h8-9,12-13,16,21H,1-7,10-11,14-15H2. The van der Waals surface area contributed by atoms with Gasteiger partial charge in [0.1, 0.15) is 11.3 Å². The normalized spacial score (nSPS) is 11.0. The van der Waals surface area contributed by atoms with Crippen molar-refractivity contribution in [1.29, 1.82) is 0 Å². The maximum Gasteiger partial charge on any atom is 0.339 e. The number of rotatable bonds is 12. The van der Waals surface area contributed by atoms with Crippen molar-refractivity contribution in [1.82, 2.24) is 0 Å².